The van der Waals surface area contributed by atoms with Crippen LogP contribution >= 0.6 is 12.4 Å². The number of carbonyl (C=O) groups is 1. The Labute approximate surface area is 166 Å². The van der Waals surface area contributed by atoms with E-state index in [0.29, 0.717) is 26.0 Å². The first-order valence-corrected chi connectivity index (χ1v) is 9.12. The summed E-state index contributed by atoms with van der Waals surface area (Å²) in [4.78, 5) is 12.2. The standard InChI is InChI=1S/C21H26N2O3.ClH/c1-3-25-19-11-16-10-14(2)26-20(16)12-17(19)13-23-21(24)9-8-15-6-4-5-7-18(15)22;/h4-7,11-12,14H,3,8-10,13,22H2,1-2H3,(H,23,24);1H. The number of nitrogens with one attached hydrogen (secondary N) is 1. The van der Waals surface area contributed by atoms with Crippen LogP contribution in [-0.2, 0) is 24.2 Å². The molecular weight excluding hydrogens is 364 g/mol. The molecular formula is C21H27ClN2O3. The number of anilines is 1. The fourth-order valence-corrected chi connectivity index (χ4v) is 3.20. The lowest BCUT2D eigenvalue weighted by Crippen LogP contribution is -2.23. The average Bonchev–Trinajstić information content (AvgIpc) is 2.98. The number of para-hydroxylation sites is 1. The van der Waals surface area contributed by atoms with E-state index in [1.807, 2.05) is 43.3 Å². The molecule has 0 fully saturated rings. The Morgan fingerprint density at radius 1 is 1.30 bits per heavy atom. The van der Waals surface area contributed by atoms with E-state index in [1.165, 1.54) is 0 Å². The second-order valence-electron chi connectivity index (χ2n) is 6.61. The molecule has 0 aliphatic carbocycles. The van der Waals surface area contributed by atoms with Crippen LogP contribution in [0, 0.1) is 0 Å². The number of nitrogen functional groups attached to an aromatic ring is 1. The molecule has 3 rings (SSSR count). The lowest BCUT2D eigenvalue weighted by atomic mass is 10.1. The molecule has 1 heterocycles. The normalized spacial score (nSPS) is 14.7. The van der Waals surface area contributed by atoms with Gasteiger partial charge in [-0.25, -0.2) is 0 Å². The van der Waals surface area contributed by atoms with Crippen LogP contribution < -0.4 is 20.5 Å². The van der Waals surface area contributed by atoms with Crippen LogP contribution in [0.5, 0.6) is 11.5 Å². The van der Waals surface area contributed by atoms with Gasteiger partial charge in [-0.05, 0) is 44.0 Å². The summed E-state index contributed by atoms with van der Waals surface area (Å²) >= 11 is 0. The number of aryl methyl sites for hydroxylation is 1. The molecule has 146 valence electrons. The van der Waals surface area contributed by atoms with Gasteiger partial charge in [0.2, 0.25) is 5.91 Å². The number of rotatable bonds is 7. The first-order chi connectivity index (χ1) is 12.6. The third-order valence-corrected chi connectivity index (χ3v) is 4.53. The number of ether oxygens (including phenoxy) is 2. The van der Waals surface area contributed by atoms with Gasteiger partial charge in [0.1, 0.15) is 17.6 Å². The maximum absolute atomic E-state index is 12.2. The predicted octanol–water partition coefficient (Wildman–Crippen LogP) is 3.66. The lowest BCUT2D eigenvalue weighted by molar-refractivity contribution is -0.121. The van der Waals surface area contributed by atoms with Gasteiger partial charge in [0.15, 0.2) is 0 Å². The van der Waals surface area contributed by atoms with Crippen molar-refractivity contribution in [2.45, 2.75) is 45.8 Å². The smallest absolute Gasteiger partial charge is 0.220 e. The molecule has 0 aromatic heterocycles. The van der Waals surface area contributed by atoms with Crippen LogP contribution in [0.1, 0.15) is 37.0 Å². The van der Waals surface area contributed by atoms with Gasteiger partial charge in [0, 0.05) is 36.2 Å². The molecule has 0 spiro atoms. The van der Waals surface area contributed by atoms with Crippen molar-refractivity contribution in [1.82, 2.24) is 5.32 Å². The zero-order chi connectivity index (χ0) is 18.5. The fourth-order valence-electron chi connectivity index (χ4n) is 3.20. The Hall–Kier alpha value is -2.40. The van der Waals surface area contributed by atoms with Gasteiger partial charge >= 0.3 is 0 Å². The maximum atomic E-state index is 12.2. The number of amides is 1. The molecule has 1 atom stereocenters. The zero-order valence-corrected chi connectivity index (χ0v) is 16.6. The van der Waals surface area contributed by atoms with Gasteiger partial charge in [-0.2, -0.15) is 0 Å². The second-order valence-corrected chi connectivity index (χ2v) is 6.61. The zero-order valence-electron chi connectivity index (χ0n) is 15.8. The quantitative estimate of drug-likeness (QED) is 0.707. The van der Waals surface area contributed by atoms with Gasteiger partial charge in [-0.1, -0.05) is 18.2 Å². The molecule has 1 aliphatic heterocycles. The minimum absolute atomic E-state index is 0. The minimum Gasteiger partial charge on any atom is -0.494 e. The monoisotopic (exact) mass is 390 g/mol. The summed E-state index contributed by atoms with van der Waals surface area (Å²) in [5, 5.41) is 2.97. The highest BCUT2D eigenvalue weighted by Crippen LogP contribution is 2.35. The van der Waals surface area contributed by atoms with E-state index in [0.717, 1.165) is 40.3 Å². The Kier molecular flexibility index (Phi) is 7.36. The predicted molar refractivity (Wildman–Crippen MR) is 110 cm³/mol. The first kappa shape index (κ1) is 20.9. The molecule has 1 unspecified atom stereocenters. The Morgan fingerprint density at radius 3 is 2.81 bits per heavy atom. The minimum atomic E-state index is -0.00881. The van der Waals surface area contributed by atoms with Crippen molar-refractivity contribution >= 4 is 24.0 Å². The molecule has 0 saturated carbocycles. The van der Waals surface area contributed by atoms with E-state index in [1.54, 1.807) is 0 Å². The van der Waals surface area contributed by atoms with E-state index < -0.39 is 0 Å². The van der Waals surface area contributed by atoms with E-state index in [4.69, 9.17) is 15.2 Å². The SMILES string of the molecule is CCOc1cc2c(cc1CNC(=O)CCc1ccccc1N)OC(C)C2.Cl. The van der Waals surface area contributed by atoms with Crippen molar-refractivity contribution in [2.24, 2.45) is 0 Å². The molecule has 6 heteroatoms. The van der Waals surface area contributed by atoms with Gasteiger partial charge in [-0.3, -0.25) is 4.79 Å². The Bertz CT molecular complexity index is 795. The lowest BCUT2D eigenvalue weighted by Gasteiger charge is -2.13. The van der Waals surface area contributed by atoms with Crippen molar-refractivity contribution in [3.8, 4) is 11.5 Å². The number of halogens is 1. The fraction of sp³-hybridized carbons (Fsp3) is 0.381. The Morgan fingerprint density at radius 2 is 2.07 bits per heavy atom. The summed E-state index contributed by atoms with van der Waals surface area (Å²) in [6, 6.07) is 11.7. The van der Waals surface area contributed by atoms with Gasteiger partial charge in [-0.15, -0.1) is 12.4 Å². The van der Waals surface area contributed by atoms with E-state index >= 15 is 0 Å². The highest BCUT2D eigenvalue weighted by molar-refractivity contribution is 5.85. The molecule has 0 bridgehead atoms. The highest BCUT2D eigenvalue weighted by Gasteiger charge is 2.22. The number of benzene rings is 2. The first-order valence-electron chi connectivity index (χ1n) is 9.12. The van der Waals surface area contributed by atoms with Crippen LogP contribution in [0.4, 0.5) is 5.69 Å². The molecule has 2 aromatic carbocycles. The molecule has 3 N–H and O–H groups in total. The summed E-state index contributed by atoms with van der Waals surface area (Å²) in [5.74, 6) is 1.70. The van der Waals surface area contributed by atoms with E-state index in [2.05, 4.69) is 12.2 Å². The highest BCUT2D eigenvalue weighted by atomic mass is 35.5. The largest absolute Gasteiger partial charge is 0.494 e. The van der Waals surface area contributed by atoms with E-state index in [9.17, 15) is 4.79 Å². The molecule has 5 nitrogen and oxygen atoms in total. The topological polar surface area (TPSA) is 73.6 Å². The van der Waals surface area contributed by atoms with Crippen LogP contribution in [0.25, 0.3) is 0 Å². The molecule has 0 saturated heterocycles. The molecule has 2 aromatic rings. The number of carbonyl (C=O) groups excluding carboxylic acids is 1. The van der Waals surface area contributed by atoms with Crippen molar-refractivity contribution in [2.75, 3.05) is 12.3 Å². The average molecular weight is 391 g/mol. The van der Waals surface area contributed by atoms with Crippen molar-refractivity contribution in [3.63, 3.8) is 0 Å². The summed E-state index contributed by atoms with van der Waals surface area (Å²) in [5.41, 5.74) is 9.75. The van der Waals surface area contributed by atoms with Gasteiger partial charge in [0.25, 0.3) is 0 Å². The molecule has 1 amide bonds. The molecule has 27 heavy (non-hydrogen) atoms. The third kappa shape index (κ3) is 5.30. The number of hydrogen-bond donors (Lipinski definition) is 2. The van der Waals surface area contributed by atoms with Crippen molar-refractivity contribution in [3.05, 3.63) is 53.1 Å². The van der Waals surface area contributed by atoms with Crippen LogP contribution in [-0.4, -0.2) is 18.6 Å². The number of fused-ring (bicyclic) bond motifs is 1. The van der Waals surface area contributed by atoms with Crippen molar-refractivity contribution in [1.29, 1.82) is 0 Å². The number of hydrogen-bond acceptors (Lipinski definition) is 4. The molecule has 1 aliphatic rings. The summed E-state index contributed by atoms with van der Waals surface area (Å²) < 4.78 is 11.6. The van der Waals surface area contributed by atoms with Crippen LogP contribution in [0.3, 0.4) is 0 Å². The third-order valence-electron chi connectivity index (χ3n) is 4.53. The van der Waals surface area contributed by atoms with Crippen LogP contribution in [0.15, 0.2) is 36.4 Å². The second kappa shape index (κ2) is 9.51. The van der Waals surface area contributed by atoms with Gasteiger partial charge in [0.05, 0.1) is 6.61 Å². The van der Waals surface area contributed by atoms with Crippen LogP contribution in [0.2, 0.25) is 0 Å². The number of nitrogens with two attached hydrogens (primary N) is 1. The summed E-state index contributed by atoms with van der Waals surface area (Å²) in [6.45, 7) is 5.02. The van der Waals surface area contributed by atoms with Gasteiger partial charge < -0.3 is 20.5 Å². The maximum Gasteiger partial charge on any atom is 0.220 e. The van der Waals surface area contributed by atoms with Crippen molar-refractivity contribution < 1.29 is 14.3 Å². The Balaban J connectivity index is 0.00000261. The molecule has 0 radical (unpaired) electrons. The van der Waals surface area contributed by atoms with E-state index in [-0.39, 0.29) is 24.4 Å². The summed E-state index contributed by atoms with van der Waals surface area (Å²) in [6.07, 6.45) is 2.10. The summed E-state index contributed by atoms with van der Waals surface area (Å²) in [7, 11) is 0.